The minimum Gasteiger partial charge on any atom is -0.392 e. The Morgan fingerprint density at radius 1 is 1.15 bits per heavy atom. The van der Waals surface area contributed by atoms with Gasteiger partial charge in [-0.15, -0.1) is 0 Å². The Morgan fingerprint density at radius 2 is 1.62 bits per heavy atom. The molecule has 1 aromatic rings. The van der Waals surface area contributed by atoms with Crippen molar-refractivity contribution in [2.45, 2.75) is 13.0 Å². The van der Waals surface area contributed by atoms with Gasteiger partial charge in [-0.3, -0.25) is 0 Å². The number of alkyl halides is 2. The average molecular weight is 194 g/mol. The lowest BCUT2D eigenvalue weighted by atomic mass is 10.1. The van der Waals surface area contributed by atoms with Gasteiger partial charge in [0, 0.05) is 0 Å². The van der Waals surface area contributed by atoms with Crippen molar-refractivity contribution in [3.8, 4) is 0 Å². The van der Waals surface area contributed by atoms with E-state index in [9.17, 15) is 17.6 Å². The second-order valence-corrected chi connectivity index (χ2v) is 2.43. The van der Waals surface area contributed by atoms with E-state index in [0.29, 0.717) is 12.1 Å². The summed E-state index contributed by atoms with van der Waals surface area (Å²) in [5.74, 6) is -2.67. The molecule has 0 spiro atoms. The van der Waals surface area contributed by atoms with Gasteiger partial charge in [-0.1, -0.05) is 0 Å². The zero-order valence-electron chi connectivity index (χ0n) is 6.40. The van der Waals surface area contributed by atoms with Crippen LogP contribution in [0.5, 0.6) is 0 Å². The second kappa shape index (κ2) is 3.74. The first-order valence-corrected chi connectivity index (χ1v) is 3.43. The van der Waals surface area contributed by atoms with E-state index in [-0.39, 0.29) is 5.56 Å². The molecule has 0 aliphatic rings. The largest absolute Gasteiger partial charge is 0.392 e. The maximum absolute atomic E-state index is 12.7. The molecule has 13 heavy (non-hydrogen) atoms. The van der Waals surface area contributed by atoms with E-state index >= 15 is 0 Å². The third-order valence-electron chi connectivity index (χ3n) is 1.54. The molecule has 1 nitrogen and oxygen atoms in total. The van der Waals surface area contributed by atoms with Crippen LogP contribution in [-0.4, -0.2) is 5.11 Å². The van der Waals surface area contributed by atoms with Crippen LogP contribution in [0, 0.1) is 11.6 Å². The lowest BCUT2D eigenvalue weighted by Crippen LogP contribution is -1.98. The van der Waals surface area contributed by atoms with E-state index in [4.69, 9.17) is 5.11 Å². The van der Waals surface area contributed by atoms with Gasteiger partial charge in [0.05, 0.1) is 12.2 Å². The molecule has 1 N–H and O–H groups in total. The summed E-state index contributed by atoms with van der Waals surface area (Å²) < 4.78 is 49.4. The molecule has 5 heteroatoms. The van der Waals surface area contributed by atoms with E-state index < -0.39 is 30.2 Å². The summed E-state index contributed by atoms with van der Waals surface area (Å²) in [6.45, 7) is -0.586. The average Bonchev–Trinajstić information content (AvgIpc) is 2.02. The van der Waals surface area contributed by atoms with E-state index in [1.807, 2.05) is 0 Å². The quantitative estimate of drug-likeness (QED) is 0.716. The summed E-state index contributed by atoms with van der Waals surface area (Å²) in [4.78, 5) is 0. The van der Waals surface area contributed by atoms with Crippen LogP contribution in [0.25, 0.3) is 0 Å². The molecule has 0 bridgehead atoms. The zero-order valence-corrected chi connectivity index (χ0v) is 6.40. The van der Waals surface area contributed by atoms with Gasteiger partial charge < -0.3 is 5.11 Å². The molecule has 0 aliphatic heterocycles. The maximum Gasteiger partial charge on any atom is 0.269 e. The van der Waals surface area contributed by atoms with E-state index in [1.165, 1.54) is 0 Å². The van der Waals surface area contributed by atoms with Crippen molar-refractivity contribution in [3.05, 3.63) is 34.9 Å². The third-order valence-corrected chi connectivity index (χ3v) is 1.54. The number of halogens is 4. The van der Waals surface area contributed by atoms with Crippen molar-refractivity contribution in [1.82, 2.24) is 0 Å². The van der Waals surface area contributed by atoms with Crippen molar-refractivity contribution in [2.24, 2.45) is 0 Å². The molecule has 0 fully saturated rings. The summed E-state index contributed by atoms with van der Waals surface area (Å²) in [6, 6.07) is 1.37. The number of rotatable bonds is 2. The van der Waals surface area contributed by atoms with Crippen molar-refractivity contribution in [3.63, 3.8) is 0 Å². The highest BCUT2D eigenvalue weighted by Gasteiger charge is 2.19. The topological polar surface area (TPSA) is 20.2 Å². The zero-order chi connectivity index (χ0) is 10.0. The number of hydrogen-bond donors (Lipinski definition) is 1. The standard InChI is InChI=1S/C8H6F4O/c9-5-1-4(3-13)2-6(10)7(5)8(11)12/h1-2,8,13H,3H2. The SMILES string of the molecule is OCc1cc(F)c(C(F)F)c(F)c1. The summed E-state index contributed by atoms with van der Waals surface area (Å²) in [6.07, 6.45) is -3.19. The fraction of sp³-hybridized carbons (Fsp3) is 0.250. The first-order valence-electron chi connectivity index (χ1n) is 3.43. The normalized spacial score (nSPS) is 10.9. The fourth-order valence-electron chi connectivity index (χ4n) is 0.937. The van der Waals surface area contributed by atoms with Crippen LogP contribution in [0.15, 0.2) is 12.1 Å². The molecule has 0 amide bonds. The van der Waals surface area contributed by atoms with Gasteiger partial charge in [-0.2, -0.15) is 0 Å². The molecule has 1 rings (SSSR count). The first-order chi connectivity index (χ1) is 6.06. The Balaban J connectivity index is 3.23. The van der Waals surface area contributed by atoms with Gasteiger partial charge in [0.25, 0.3) is 6.43 Å². The monoisotopic (exact) mass is 194 g/mol. The molecule has 0 heterocycles. The lowest BCUT2D eigenvalue weighted by Gasteiger charge is -2.05. The van der Waals surface area contributed by atoms with Crippen molar-refractivity contribution < 1.29 is 22.7 Å². The lowest BCUT2D eigenvalue weighted by molar-refractivity contribution is 0.140. The van der Waals surface area contributed by atoms with Crippen LogP contribution >= 0.6 is 0 Å². The highest BCUT2D eigenvalue weighted by Crippen LogP contribution is 2.25. The number of hydrogen-bond acceptors (Lipinski definition) is 1. The molecule has 0 atom stereocenters. The minimum absolute atomic E-state index is 0.0700. The summed E-state index contributed by atoms with van der Waals surface area (Å²) in [5.41, 5.74) is -1.32. The molecule has 0 unspecified atom stereocenters. The number of aliphatic hydroxyl groups excluding tert-OH is 1. The highest BCUT2D eigenvalue weighted by atomic mass is 19.3. The maximum atomic E-state index is 12.7. The first kappa shape index (κ1) is 9.98. The molecule has 0 aliphatic carbocycles. The molecule has 0 saturated heterocycles. The predicted octanol–water partition coefficient (Wildman–Crippen LogP) is 2.39. The van der Waals surface area contributed by atoms with Gasteiger partial charge >= 0.3 is 0 Å². The second-order valence-electron chi connectivity index (χ2n) is 2.43. The van der Waals surface area contributed by atoms with Crippen molar-refractivity contribution >= 4 is 0 Å². The summed E-state index contributed by atoms with van der Waals surface area (Å²) >= 11 is 0. The van der Waals surface area contributed by atoms with Crippen LogP contribution in [0.3, 0.4) is 0 Å². The molecular formula is C8H6F4O. The Labute approximate surface area is 71.6 Å². The fourth-order valence-corrected chi connectivity index (χ4v) is 0.937. The minimum atomic E-state index is -3.19. The van der Waals surface area contributed by atoms with E-state index in [1.54, 1.807) is 0 Å². The molecule has 0 aromatic heterocycles. The number of benzene rings is 1. The molecule has 72 valence electrons. The van der Waals surface area contributed by atoms with Crippen LogP contribution < -0.4 is 0 Å². The Bertz CT molecular complexity index is 288. The van der Waals surface area contributed by atoms with Gasteiger partial charge in [0.15, 0.2) is 0 Å². The van der Waals surface area contributed by atoms with Crippen molar-refractivity contribution in [2.75, 3.05) is 0 Å². The summed E-state index contributed by atoms with van der Waals surface area (Å²) in [7, 11) is 0. The number of aliphatic hydroxyl groups is 1. The van der Waals surface area contributed by atoms with Gasteiger partial charge in [-0.25, -0.2) is 17.6 Å². The highest BCUT2D eigenvalue weighted by molar-refractivity contribution is 5.26. The molecule has 1 aromatic carbocycles. The van der Waals surface area contributed by atoms with E-state index in [2.05, 4.69) is 0 Å². The summed E-state index contributed by atoms with van der Waals surface area (Å²) in [5, 5.41) is 8.50. The Kier molecular flexibility index (Phi) is 2.87. The van der Waals surface area contributed by atoms with Crippen LogP contribution in [-0.2, 0) is 6.61 Å². The van der Waals surface area contributed by atoms with Gasteiger partial charge in [0.2, 0.25) is 0 Å². The molecule has 0 radical (unpaired) electrons. The van der Waals surface area contributed by atoms with Crippen LogP contribution in [0.4, 0.5) is 17.6 Å². The van der Waals surface area contributed by atoms with Crippen LogP contribution in [0.1, 0.15) is 17.6 Å². The van der Waals surface area contributed by atoms with Gasteiger partial charge in [-0.05, 0) is 17.7 Å². The van der Waals surface area contributed by atoms with Gasteiger partial charge in [0.1, 0.15) is 11.6 Å². The molecular weight excluding hydrogens is 188 g/mol. The third kappa shape index (κ3) is 1.98. The predicted molar refractivity (Wildman–Crippen MR) is 37.2 cm³/mol. The van der Waals surface area contributed by atoms with Crippen LogP contribution in [0.2, 0.25) is 0 Å². The Hall–Kier alpha value is -1.10. The Morgan fingerprint density at radius 3 is 1.92 bits per heavy atom. The van der Waals surface area contributed by atoms with E-state index in [0.717, 1.165) is 0 Å². The van der Waals surface area contributed by atoms with Crippen molar-refractivity contribution in [1.29, 1.82) is 0 Å². The smallest absolute Gasteiger partial charge is 0.269 e. The molecule has 0 saturated carbocycles.